The summed E-state index contributed by atoms with van der Waals surface area (Å²) in [6.07, 6.45) is 1.88. The van der Waals surface area contributed by atoms with Gasteiger partial charge in [0, 0.05) is 13.6 Å². The molecule has 0 bridgehead atoms. The summed E-state index contributed by atoms with van der Waals surface area (Å²) in [7, 11) is 1.56. The third kappa shape index (κ3) is 3.37. The Bertz CT molecular complexity index is 103. The van der Waals surface area contributed by atoms with Crippen LogP contribution in [0.4, 0.5) is 0 Å². The van der Waals surface area contributed by atoms with E-state index >= 15 is 0 Å². The molecule has 1 N–H and O–H groups in total. The Labute approximate surface area is 59.7 Å². The van der Waals surface area contributed by atoms with Gasteiger partial charge in [-0.3, -0.25) is 10.2 Å². The van der Waals surface area contributed by atoms with Crippen molar-refractivity contribution in [2.24, 2.45) is 4.99 Å². The highest BCUT2D eigenvalue weighted by Gasteiger charge is 1.97. The van der Waals surface area contributed by atoms with E-state index in [2.05, 4.69) is 4.99 Å². The average molecular weight is 148 g/mol. The Hall–Kier alpha value is -0.220. The number of hydrogen-bond acceptors (Lipinski definition) is 3. The largest absolute Gasteiger partial charge is 0.287 e. The van der Waals surface area contributed by atoms with Crippen LogP contribution >= 0.6 is 11.8 Å². The molecular weight excluding hydrogens is 136 g/mol. The van der Waals surface area contributed by atoms with E-state index in [0.29, 0.717) is 11.7 Å². The highest BCUT2D eigenvalue weighted by molar-refractivity contribution is 8.13. The Kier molecular flexibility index (Phi) is 4.53. The maximum absolute atomic E-state index is 8.82. The van der Waals surface area contributed by atoms with Crippen LogP contribution in [-0.2, 0) is 0 Å². The zero-order valence-corrected chi connectivity index (χ0v) is 6.77. The highest BCUT2D eigenvalue weighted by atomic mass is 32.2. The molecule has 0 saturated carbocycles. The third-order valence-electron chi connectivity index (χ3n) is 0.753. The molecule has 0 amide bonds. The molecule has 54 valence electrons. The van der Waals surface area contributed by atoms with Crippen molar-refractivity contribution in [2.75, 3.05) is 19.8 Å². The monoisotopic (exact) mass is 148 g/mol. The molecule has 0 spiro atoms. The summed E-state index contributed by atoms with van der Waals surface area (Å²) >= 11 is 1.43. The summed E-state index contributed by atoms with van der Waals surface area (Å²) in [5.74, 6) is 0. The zero-order chi connectivity index (χ0) is 7.28. The molecule has 0 aromatic rings. The van der Waals surface area contributed by atoms with Crippen LogP contribution < -0.4 is 0 Å². The third-order valence-corrected chi connectivity index (χ3v) is 1.51. The summed E-state index contributed by atoms with van der Waals surface area (Å²) < 4.78 is 0. The quantitative estimate of drug-likeness (QED) is 0.343. The van der Waals surface area contributed by atoms with Crippen molar-refractivity contribution in [3.05, 3.63) is 0 Å². The van der Waals surface area contributed by atoms with Gasteiger partial charge in [-0.1, -0.05) is 11.8 Å². The first-order valence-electron chi connectivity index (χ1n) is 2.73. The first kappa shape index (κ1) is 8.78. The second-order valence-electron chi connectivity index (χ2n) is 1.48. The Morgan fingerprint density at radius 3 is 2.44 bits per heavy atom. The van der Waals surface area contributed by atoms with Gasteiger partial charge in [0.2, 0.25) is 0 Å². The van der Waals surface area contributed by atoms with Crippen LogP contribution in [0, 0.1) is 0 Å². The van der Waals surface area contributed by atoms with E-state index in [1.807, 2.05) is 13.2 Å². The molecule has 0 aliphatic heterocycles. The summed E-state index contributed by atoms with van der Waals surface area (Å²) in [5, 5.41) is 10.5. The van der Waals surface area contributed by atoms with Crippen LogP contribution in [0.25, 0.3) is 0 Å². The van der Waals surface area contributed by atoms with E-state index in [1.54, 1.807) is 7.05 Å². The Balaban J connectivity index is 3.81. The molecule has 0 unspecified atom stereocenters. The lowest BCUT2D eigenvalue weighted by atomic mass is 10.8. The van der Waals surface area contributed by atoms with Crippen molar-refractivity contribution in [3.63, 3.8) is 0 Å². The van der Waals surface area contributed by atoms with Gasteiger partial charge in [0.05, 0.1) is 0 Å². The van der Waals surface area contributed by atoms with Crippen molar-refractivity contribution in [1.82, 2.24) is 5.06 Å². The van der Waals surface area contributed by atoms with Gasteiger partial charge in [-0.25, -0.2) is 5.06 Å². The second kappa shape index (κ2) is 4.64. The second-order valence-corrected chi connectivity index (χ2v) is 2.26. The standard InChI is InChI=1S/C5H12N2OS/c1-4-6-5(9-3)7(2)8/h8H,4H2,1-3H3/b6-5+. The van der Waals surface area contributed by atoms with Crippen molar-refractivity contribution in [2.45, 2.75) is 6.92 Å². The maximum Gasteiger partial charge on any atom is 0.182 e. The van der Waals surface area contributed by atoms with E-state index in [4.69, 9.17) is 5.21 Å². The van der Waals surface area contributed by atoms with Crippen molar-refractivity contribution in [3.8, 4) is 0 Å². The van der Waals surface area contributed by atoms with E-state index in [1.165, 1.54) is 11.8 Å². The minimum absolute atomic E-state index is 0.650. The Morgan fingerprint density at radius 2 is 2.33 bits per heavy atom. The first-order chi connectivity index (χ1) is 4.22. The normalized spacial score (nSPS) is 11.8. The van der Waals surface area contributed by atoms with Gasteiger partial charge < -0.3 is 0 Å². The molecule has 0 aliphatic rings. The molecule has 0 fully saturated rings. The van der Waals surface area contributed by atoms with Gasteiger partial charge in [-0.15, -0.1) is 0 Å². The number of hydrogen-bond donors (Lipinski definition) is 1. The van der Waals surface area contributed by atoms with Gasteiger partial charge >= 0.3 is 0 Å². The average Bonchev–Trinajstić information content (AvgIpc) is 1.82. The predicted molar refractivity (Wildman–Crippen MR) is 41.0 cm³/mol. The fourth-order valence-electron chi connectivity index (χ4n) is 0.434. The van der Waals surface area contributed by atoms with E-state index < -0.39 is 0 Å². The van der Waals surface area contributed by atoms with Crippen molar-refractivity contribution >= 4 is 16.9 Å². The van der Waals surface area contributed by atoms with Crippen molar-refractivity contribution in [1.29, 1.82) is 0 Å². The summed E-state index contributed by atoms with van der Waals surface area (Å²) in [6, 6.07) is 0. The van der Waals surface area contributed by atoms with Gasteiger partial charge in [0.15, 0.2) is 5.17 Å². The molecule has 0 rings (SSSR count). The number of rotatable bonds is 1. The number of amidine groups is 1. The molecule has 0 aromatic heterocycles. The molecular formula is C5H12N2OS. The van der Waals surface area contributed by atoms with Gasteiger partial charge in [-0.05, 0) is 13.2 Å². The molecule has 3 nitrogen and oxygen atoms in total. The summed E-state index contributed by atoms with van der Waals surface area (Å²) in [6.45, 7) is 2.64. The molecule has 0 aromatic carbocycles. The summed E-state index contributed by atoms with van der Waals surface area (Å²) in [5.41, 5.74) is 0. The molecule has 9 heavy (non-hydrogen) atoms. The van der Waals surface area contributed by atoms with Crippen LogP contribution in [0.2, 0.25) is 0 Å². The fourth-order valence-corrected chi connectivity index (χ4v) is 0.957. The lowest BCUT2D eigenvalue weighted by molar-refractivity contribution is 0.0174. The van der Waals surface area contributed by atoms with Crippen LogP contribution in [0.15, 0.2) is 4.99 Å². The SMILES string of the molecule is CC/N=C(/SC)N(C)O. The number of thioether (sulfide) groups is 1. The molecule has 4 heteroatoms. The minimum Gasteiger partial charge on any atom is -0.287 e. The molecule has 0 radical (unpaired) electrons. The van der Waals surface area contributed by atoms with Gasteiger partial charge in [-0.2, -0.15) is 0 Å². The van der Waals surface area contributed by atoms with Gasteiger partial charge in [0.1, 0.15) is 0 Å². The predicted octanol–water partition coefficient (Wildman–Crippen LogP) is 1.05. The molecule has 0 aliphatic carbocycles. The number of nitrogens with zero attached hydrogens (tertiary/aromatic N) is 2. The van der Waals surface area contributed by atoms with Crippen LogP contribution in [0.5, 0.6) is 0 Å². The van der Waals surface area contributed by atoms with Crippen LogP contribution in [-0.4, -0.2) is 35.3 Å². The van der Waals surface area contributed by atoms with E-state index in [9.17, 15) is 0 Å². The number of hydroxylamine groups is 2. The van der Waals surface area contributed by atoms with E-state index in [0.717, 1.165) is 5.06 Å². The van der Waals surface area contributed by atoms with E-state index in [-0.39, 0.29) is 0 Å². The topological polar surface area (TPSA) is 35.8 Å². The zero-order valence-electron chi connectivity index (χ0n) is 5.96. The Morgan fingerprint density at radius 1 is 1.78 bits per heavy atom. The highest BCUT2D eigenvalue weighted by Crippen LogP contribution is 1.99. The maximum atomic E-state index is 8.82. The lowest BCUT2D eigenvalue weighted by Gasteiger charge is -2.09. The molecule has 0 saturated heterocycles. The fraction of sp³-hybridized carbons (Fsp3) is 0.800. The van der Waals surface area contributed by atoms with Crippen LogP contribution in [0.1, 0.15) is 6.92 Å². The lowest BCUT2D eigenvalue weighted by Crippen LogP contribution is -2.19. The van der Waals surface area contributed by atoms with Crippen molar-refractivity contribution < 1.29 is 5.21 Å². The molecule has 0 heterocycles. The first-order valence-corrected chi connectivity index (χ1v) is 3.95. The minimum atomic E-state index is 0.650. The molecule has 0 atom stereocenters. The number of aliphatic imine (C=N–C) groups is 1. The summed E-state index contributed by atoms with van der Waals surface area (Å²) in [4.78, 5) is 4.00. The van der Waals surface area contributed by atoms with Gasteiger partial charge in [0.25, 0.3) is 0 Å². The van der Waals surface area contributed by atoms with Crippen LogP contribution in [0.3, 0.4) is 0 Å². The smallest absolute Gasteiger partial charge is 0.182 e.